The topological polar surface area (TPSA) is 35.5 Å². The predicted octanol–water partition coefficient (Wildman–Crippen LogP) is 3.19. The second-order valence-electron chi connectivity index (χ2n) is 4.07. The zero-order chi connectivity index (χ0) is 13.4. The monoisotopic (exact) mass is 270 g/mol. The Kier molecular flexibility index (Phi) is 6.58. The molecule has 0 saturated heterocycles. The number of esters is 1. The highest BCUT2D eigenvalue weighted by Gasteiger charge is 2.11. The van der Waals surface area contributed by atoms with E-state index in [1.54, 1.807) is 0 Å². The lowest BCUT2D eigenvalue weighted by atomic mass is 10.1. The molecule has 0 bridgehead atoms. The fourth-order valence-electron chi connectivity index (χ4n) is 1.53. The van der Waals surface area contributed by atoms with Gasteiger partial charge in [-0.3, -0.25) is 4.79 Å². The minimum Gasteiger partial charge on any atom is -0.494 e. The van der Waals surface area contributed by atoms with Crippen LogP contribution in [0.2, 0.25) is 0 Å². The smallest absolute Gasteiger partial charge is 0.307 e. The molecule has 3 nitrogen and oxygen atoms in total. The van der Waals surface area contributed by atoms with E-state index < -0.39 is 0 Å². The highest BCUT2D eigenvalue weighted by Crippen LogP contribution is 2.16. The van der Waals surface area contributed by atoms with E-state index in [-0.39, 0.29) is 17.8 Å². The van der Waals surface area contributed by atoms with Crippen LogP contribution in [0.4, 0.5) is 0 Å². The molecule has 1 rings (SSSR count). The molecule has 0 spiro atoms. The van der Waals surface area contributed by atoms with E-state index in [2.05, 4.69) is 11.7 Å². The summed E-state index contributed by atoms with van der Waals surface area (Å²) < 4.78 is 10.1. The number of hydrogen-bond donors (Lipinski definition) is 0. The molecule has 0 aliphatic carbocycles. The van der Waals surface area contributed by atoms with Crippen molar-refractivity contribution < 1.29 is 14.3 Å². The van der Waals surface area contributed by atoms with Crippen LogP contribution in [0.1, 0.15) is 25.3 Å². The first-order chi connectivity index (χ1) is 8.65. The van der Waals surface area contributed by atoms with E-state index in [1.165, 1.54) is 7.11 Å². The highest BCUT2D eigenvalue weighted by atomic mass is 35.5. The number of carbonyl (C=O) groups excluding carboxylic acids is 1. The predicted molar refractivity (Wildman–Crippen MR) is 72.2 cm³/mol. The number of hydrogen-bond acceptors (Lipinski definition) is 3. The van der Waals surface area contributed by atoms with E-state index in [4.69, 9.17) is 16.3 Å². The summed E-state index contributed by atoms with van der Waals surface area (Å²) in [6.07, 6.45) is 1.86. The third-order valence-electron chi connectivity index (χ3n) is 2.47. The maximum absolute atomic E-state index is 11.1. The largest absolute Gasteiger partial charge is 0.494 e. The number of alkyl halides is 1. The van der Waals surface area contributed by atoms with Crippen LogP contribution in [0.5, 0.6) is 5.75 Å². The Balaban J connectivity index is 2.45. The number of halogens is 1. The zero-order valence-corrected chi connectivity index (χ0v) is 11.6. The highest BCUT2D eigenvalue weighted by molar-refractivity contribution is 6.21. The molecule has 1 atom stereocenters. The van der Waals surface area contributed by atoms with Crippen LogP contribution in [0.3, 0.4) is 0 Å². The summed E-state index contributed by atoms with van der Waals surface area (Å²) in [5.74, 6) is 0.581. The first kappa shape index (κ1) is 14.8. The van der Waals surface area contributed by atoms with Gasteiger partial charge in [0.2, 0.25) is 0 Å². The first-order valence-corrected chi connectivity index (χ1v) is 6.52. The Morgan fingerprint density at radius 2 is 2.00 bits per heavy atom. The molecule has 0 amide bonds. The normalized spacial score (nSPS) is 11.9. The van der Waals surface area contributed by atoms with Crippen molar-refractivity contribution in [3.05, 3.63) is 29.8 Å². The van der Waals surface area contributed by atoms with Gasteiger partial charge in [0.1, 0.15) is 5.75 Å². The molecule has 4 heteroatoms. The SMILES string of the molecule is CCCOc1ccc(CC(Cl)CC(=O)OC)cc1. The second kappa shape index (κ2) is 7.98. The Labute approximate surface area is 113 Å². The number of benzene rings is 1. The summed E-state index contributed by atoms with van der Waals surface area (Å²) in [7, 11) is 1.37. The lowest BCUT2D eigenvalue weighted by Crippen LogP contribution is -2.12. The van der Waals surface area contributed by atoms with Gasteiger partial charge in [-0.2, -0.15) is 0 Å². The minimum atomic E-state index is -0.280. The zero-order valence-electron chi connectivity index (χ0n) is 10.8. The van der Waals surface area contributed by atoms with Gasteiger partial charge in [0.25, 0.3) is 0 Å². The van der Waals surface area contributed by atoms with Crippen LogP contribution in [-0.2, 0) is 16.0 Å². The van der Waals surface area contributed by atoms with Gasteiger partial charge >= 0.3 is 5.97 Å². The quantitative estimate of drug-likeness (QED) is 0.564. The van der Waals surface area contributed by atoms with Gasteiger partial charge in [0.05, 0.1) is 20.1 Å². The van der Waals surface area contributed by atoms with Crippen molar-refractivity contribution in [1.82, 2.24) is 0 Å². The van der Waals surface area contributed by atoms with E-state index in [0.29, 0.717) is 6.42 Å². The fraction of sp³-hybridized carbons (Fsp3) is 0.500. The molecule has 0 N–H and O–H groups in total. The van der Waals surface area contributed by atoms with Crippen molar-refractivity contribution in [2.45, 2.75) is 31.6 Å². The molecule has 0 fully saturated rings. The van der Waals surface area contributed by atoms with Crippen LogP contribution >= 0.6 is 11.6 Å². The summed E-state index contributed by atoms with van der Waals surface area (Å²) in [4.78, 5) is 11.1. The molecule has 0 aliphatic heterocycles. The van der Waals surface area contributed by atoms with Crippen molar-refractivity contribution >= 4 is 17.6 Å². The maximum atomic E-state index is 11.1. The van der Waals surface area contributed by atoms with Gasteiger partial charge < -0.3 is 9.47 Å². The van der Waals surface area contributed by atoms with Crippen LogP contribution < -0.4 is 4.74 Å². The lowest BCUT2D eigenvalue weighted by Gasteiger charge is -2.09. The molecule has 0 aliphatic rings. The van der Waals surface area contributed by atoms with Crippen LogP contribution in [0.25, 0.3) is 0 Å². The van der Waals surface area contributed by atoms with E-state index >= 15 is 0 Å². The Bertz CT molecular complexity index is 362. The molecule has 1 unspecified atom stereocenters. The van der Waals surface area contributed by atoms with Gasteiger partial charge in [-0.25, -0.2) is 0 Å². The Morgan fingerprint density at radius 3 is 2.56 bits per heavy atom. The number of ether oxygens (including phenoxy) is 2. The average Bonchev–Trinajstić information content (AvgIpc) is 2.37. The van der Waals surface area contributed by atoms with Crippen molar-refractivity contribution in [3.63, 3.8) is 0 Å². The van der Waals surface area contributed by atoms with Gasteiger partial charge in [-0.05, 0) is 30.5 Å². The lowest BCUT2D eigenvalue weighted by molar-refractivity contribution is -0.140. The third kappa shape index (κ3) is 5.41. The third-order valence-corrected chi connectivity index (χ3v) is 2.78. The molecule has 0 radical (unpaired) electrons. The van der Waals surface area contributed by atoms with Gasteiger partial charge in [-0.1, -0.05) is 19.1 Å². The summed E-state index contributed by atoms with van der Waals surface area (Å²) in [5.41, 5.74) is 1.09. The molecule has 100 valence electrons. The standard InChI is InChI=1S/C14H19ClO3/c1-3-8-18-13-6-4-11(5-7-13)9-12(15)10-14(16)17-2/h4-7,12H,3,8-10H2,1-2H3. The van der Waals surface area contributed by atoms with Crippen LogP contribution in [-0.4, -0.2) is 25.1 Å². The molecule has 0 heterocycles. The van der Waals surface area contributed by atoms with Crippen LogP contribution in [0.15, 0.2) is 24.3 Å². The van der Waals surface area contributed by atoms with Crippen molar-refractivity contribution in [1.29, 1.82) is 0 Å². The van der Waals surface area contributed by atoms with Crippen molar-refractivity contribution in [3.8, 4) is 5.75 Å². The summed E-state index contributed by atoms with van der Waals surface area (Å²) in [6, 6.07) is 7.79. The van der Waals surface area contributed by atoms with E-state index in [1.807, 2.05) is 24.3 Å². The van der Waals surface area contributed by atoms with Gasteiger partial charge in [-0.15, -0.1) is 11.6 Å². The second-order valence-corrected chi connectivity index (χ2v) is 4.69. The van der Waals surface area contributed by atoms with E-state index in [9.17, 15) is 4.79 Å². The summed E-state index contributed by atoms with van der Waals surface area (Å²) >= 11 is 6.08. The fourth-order valence-corrected chi connectivity index (χ4v) is 1.84. The molecular formula is C14H19ClO3. The molecule has 18 heavy (non-hydrogen) atoms. The molecule has 0 aromatic heterocycles. The summed E-state index contributed by atoms with van der Waals surface area (Å²) in [5, 5.41) is -0.236. The van der Waals surface area contributed by atoms with Gasteiger partial charge in [0, 0.05) is 5.38 Å². The molecular weight excluding hydrogens is 252 g/mol. The minimum absolute atomic E-state index is 0.228. The van der Waals surface area contributed by atoms with Gasteiger partial charge in [0.15, 0.2) is 0 Å². The van der Waals surface area contributed by atoms with E-state index in [0.717, 1.165) is 24.3 Å². The Morgan fingerprint density at radius 1 is 1.33 bits per heavy atom. The van der Waals surface area contributed by atoms with Crippen LogP contribution in [0, 0.1) is 0 Å². The molecule has 1 aromatic carbocycles. The number of carbonyl (C=O) groups is 1. The number of rotatable bonds is 7. The number of methoxy groups -OCH3 is 1. The first-order valence-electron chi connectivity index (χ1n) is 6.08. The molecule has 0 saturated carbocycles. The summed E-state index contributed by atoms with van der Waals surface area (Å²) in [6.45, 7) is 2.79. The maximum Gasteiger partial charge on any atom is 0.307 e. The van der Waals surface area contributed by atoms with Crippen molar-refractivity contribution in [2.24, 2.45) is 0 Å². The molecule has 1 aromatic rings. The average molecular weight is 271 g/mol. The van der Waals surface area contributed by atoms with Crippen molar-refractivity contribution in [2.75, 3.05) is 13.7 Å². The Hall–Kier alpha value is -1.22.